The molecule has 2 aromatic heterocycles. The molecule has 35 heavy (non-hydrogen) atoms. The molecule has 0 bridgehead atoms. The van der Waals surface area contributed by atoms with Gasteiger partial charge >= 0.3 is 12.1 Å². The highest BCUT2D eigenvalue weighted by Gasteiger charge is 2.31. The Balaban J connectivity index is 1.47. The first-order valence-electron chi connectivity index (χ1n) is 11.9. The van der Waals surface area contributed by atoms with E-state index < -0.39 is 17.7 Å². The second kappa shape index (κ2) is 10.9. The summed E-state index contributed by atoms with van der Waals surface area (Å²) in [5, 5.41) is 13.8. The van der Waals surface area contributed by atoms with Gasteiger partial charge in [-0.05, 0) is 49.4 Å². The summed E-state index contributed by atoms with van der Waals surface area (Å²) >= 11 is 0. The van der Waals surface area contributed by atoms with Crippen LogP contribution in [0, 0.1) is 0 Å². The molecule has 3 aromatic rings. The van der Waals surface area contributed by atoms with E-state index in [1.165, 1.54) is 12.5 Å². The van der Waals surface area contributed by atoms with Gasteiger partial charge in [0.1, 0.15) is 5.75 Å². The average Bonchev–Trinajstić information content (AvgIpc) is 3.27. The van der Waals surface area contributed by atoms with Crippen LogP contribution in [0.1, 0.15) is 66.8 Å². The normalized spacial score (nSPS) is 14.7. The van der Waals surface area contributed by atoms with E-state index in [0.717, 1.165) is 49.2 Å². The number of carboxylic acids is 1. The number of pyridine rings is 1. The van der Waals surface area contributed by atoms with Crippen LogP contribution in [0.2, 0.25) is 0 Å². The van der Waals surface area contributed by atoms with Crippen LogP contribution in [-0.4, -0.2) is 32.4 Å². The Morgan fingerprint density at radius 2 is 1.86 bits per heavy atom. The van der Waals surface area contributed by atoms with E-state index in [0.29, 0.717) is 42.5 Å². The largest absolute Gasteiger partial charge is 0.493 e. The highest BCUT2D eigenvalue weighted by Crippen LogP contribution is 2.35. The van der Waals surface area contributed by atoms with Gasteiger partial charge in [-0.25, -0.2) is 9.67 Å². The molecule has 4 rings (SSSR count). The number of nitrogens with zero attached hydrogens (tertiary/aromatic N) is 3. The average molecular weight is 488 g/mol. The highest BCUT2D eigenvalue weighted by molar-refractivity contribution is 5.71. The van der Waals surface area contributed by atoms with Gasteiger partial charge in [-0.1, -0.05) is 37.5 Å². The van der Waals surface area contributed by atoms with Crippen LogP contribution >= 0.6 is 0 Å². The number of ether oxygens (including phenoxy) is 1. The molecule has 0 radical (unpaired) electrons. The maximum absolute atomic E-state index is 12.9. The molecule has 1 aliphatic carbocycles. The molecular weight excluding hydrogens is 459 g/mol. The minimum atomic E-state index is -4.43. The number of carbonyl (C=O) groups is 1. The van der Waals surface area contributed by atoms with E-state index in [1.807, 2.05) is 12.3 Å². The third-order valence-corrected chi connectivity index (χ3v) is 6.29. The SMILES string of the molecule is O=C(O)Cc1ccccc1OCCCc1cn(-c2ccc(C(F)(F)F)cn2)nc1C1CCCCC1. The summed E-state index contributed by atoms with van der Waals surface area (Å²) in [5.41, 5.74) is 1.87. The molecule has 2 heterocycles. The van der Waals surface area contributed by atoms with Crippen molar-refractivity contribution < 1.29 is 27.8 Å². The van der Waals surface area contributed by atoms with Crippen molar-refractivity contribution in [3.8, 4) is 11.6 Å². The van der Waals surface area contributed by atoms with Crippen molar-refractivity contribution >= 4 is 5.97 Å². The molecule has 1 N–H and O–H groups in total. The number of aromatic nitrogens is 3. The van der Waals surface area contributed by atoms with Gasteiger partial charge in [-0.2, -0.15) is 18.3 Å². The Morgan fingerprint density at radius 3 is 2.54 bits per heavy atom. The monoisotopic (exact) mass is 487 g/mol. The van der Waals surface area contributed by atoms with Crippen molar-refractivity contribution in [2.75, 3.05) is 6.61 Å². The van der Waals surface area contributed by atoms with Crippen LogP contribution in [-0.2, 0) is 23.8 Å². The molecular formula is C26H28F3N3O3. The highest BCUT2D eigenvalue weighted by atomic mass is 19.4. The van der Waals surface area contributed by atoms with Gasteiger partial charge in [-0.15, -0.1) is 0 Å². The predicted octanol–water partition coefficient (Wildman–Crippen LogP) is 5.97. The zero-order valence-electron chi connectivity index (χ0n) is 19.3. The molecule has 0 unspecified atom stereocenters. The second-order valence-electron chi connectivity index (χ2n) is 8.85. The second-order valence-corrected chi connectivity index (χ2v) is 8.85. The zero-order valence-corrected chi connectivity index (χ0v) is 19.3. The molecule has 0 saturated heterocycles. The van der Waals surface area contributed by atoms with E-state index in [-0.39, 0.29) is 6.42 Å². The first-order chi connectivity index (χ1) is 16.8. The van der Waals surface area contributed by atoms with Gasteiger partial charge in [0.25, 0.3) is 0 Å². The van der Waals surface area contributed by atoms with Crippen molar-refractivity contribution in [1.29, 1.82) is 0 Å². The number of hydrogen-bond acceptors (Lipinski definition) is 4. The van der Waals surface area contributed by atoms with E-state index >= 15 is 0 Å². The minimum Gasteiger partial charge on any atom is -0.493 e. The van der Waals surface area contributed by atoms with Crippen LogP contribution < -0.4 is 4.74 Å². The van der Waals surface area contributed by atoms with E-state index in [1.54, 1.807) is 22.9 Å². The molecule has 1 aliphatic rings. The molecule has 0 spiro atoms. The molecule has 0 atom stereocenters. The summed E-state index contributed by atoms with van der Waals surface area (Å²) in [6.07, 6.45) is 5.10. The maximum Gasteiger partial charge on any atom is 0.417 e. The quantitative estimate of drug-likeness (QED) is 0.376. The van der Waals surface area contributed by atoms with E-state index in [2.05, 4.69) is 4.98 Å². The van der Waals surface area contributed by atoms with Crippen molar-refractivity contribution in [3.63, 3.8) is 0 Å². The van der Waals surface area contributed by atoms with Crippen molar-refractivity contribution in [2.45, 2.75) is 63.5 Å². The van der Waals surface area contributed by atoms with E-state index in [9.17, 15) is 18.0 Å². The van der Waals surface area contributed by atoms with E-state index in [4.69, 9.17) is 14.9 Å². The number of hydrogen-bond donors (Lipinski definition) is 1. The molecule has 1 aromatic carbocycles. The molecule has 186 valence electrons. The Bertz CT molecular complexity index is 1140. The lowest BCUT2D eigenvalue weighted by atomic mass is 9.85. The molecule has 1 fully saturated rings. The summed E-state index contributed by atoms with van der Waals surface area (Å²) in [6, 6.07) is 9.46. The third-order valence-electron chi connectivity index (χ3n) is 6.29. The van der Waals surface area contributed by atoms with Gasteiger partial charge in [0, 0.05) is 23.9 Å². The fourth-order valence-electron chi connectivity index (χ4n) is 4.54. The Kier molecular flexibility index (Phi) is 7.73. The fraction of sp³-hybridized carbons (Fsp3) is 0.423. The van der Waals surface area contributed by atoms with Gasteiger partial charge < -0.3 is 9.84 Å². The third kappa shape index (κ3) is 6.41. The topological polar surface area (TPSA) is 77.2 Å². The summed E-state index contributed by atoms with van der Waals surface area (Å²) in [7, 11) is 0. The molecule has 1 saturated carbocycles. The summed E-state index contributed by atoms with van der Waals surface area (Å²) < 4.78 is 46.2. The standard InChI is InChI=1S/C26H28F3N3O3/c27-26(28,29)21-12-13-23(30-16-21)32-17-20(25(31-32)18-7-2-1-3-8-18)10-6-14-35-22-11-5-4-9-19(22)15-24(33)34/h4-5,9,11-13,16-18H,1-3,6-8,10,14-15H2,(H,33,34). The van der Waals surface area contributed by atoms with Gasteiger partial charge in [0.2, 0.25) is 0 Å². The Labute approximate surface area is 201 Å². The van der Waals surface area contributed by atoms with Gasteiger partial charge in [0.15, 0.2) is 5.82 Å². The molecule has 0 amide bonds. The number of benzene rings is 1. The van der Waals surface area contributed by atoms with Crippen LogP contribution in [0.5, 0.6) is 5.75 Å². The molecule has 0 aliphatic heterocycles. The number of aryl methyl sites for hydroxylation is 1. The summed E-state index contributed by atoms with van der Waals surface area (Å²) in [6.45, 7) is 0.407. The van der Waals surface area contributed by atoms with Gasteiger partial charge in [0.05, 0.1) is 24.3 Å². The number of rotatable bonds is 9. The first-order valence-corrected chi connectivity index (χ1v) is 11.9. The smallest absolute Gasteiger partial charge is 0.417 e. The number of alkyl halides is 3. The van der Waals surface area contributed by atoms with Crippen molar-refractivity contribution in [1.82, 2.24) is 14.8 Å². The lowest BCUT2D eigenvalue weighted by molar-refractivity contribution is -0.138. The van der Waals surface area contributed by atoms with Crippen LogP contribution in [0.15, 0.2) is 48.8 Å². The minimum absolute atomic E-state index is 0.102. The molecule has 6 nitrogen and oxygen atoms in total. The van der Waals surface area contributed by atoms with Gasteiger partial charge in [-0.3, -0.25) is 4.79 Å². The Hall–Kier alpha value is -3.36. The zero-order chi connectivity index (χ0) is 24.8. The number of para-hydroxylation sites is 1. The maximum atomic E-state index is 12.9. The van der Waals surface area contributed by atoms with Crippen LogP contribution in [0.25, 0.3) is 5.82 Å². The first kappa shape index (κ1) is 24.8. The van der Waals surface area contributed by atoms with Crippen LogP contribution in [0.3, 0.4) is 0 Å². The molecule has 9 heteroatoms. The van der Waals surface area contributed by atoms with Crippen molar-refractivity contribution in [3.05, 3.63) is 71.2 Å². The number of carboxylic acid groups (broad SMARTS) is 1. The predicted molar refractivity (Wildman–Crippen MR) is 124 cm³/mol. The number of aliphatic carboxylic acids is 1. The van der Waals surface area contributed by atoms with Crippen molar-refractivity contribution in [2.24, 2.45) is 0 Å². The fourth-order valence-corrected chi connectivity index (χ4v) is 4.54. The lowest BCUT2D eigenvalue weighted by Gasteiger charge is -2.21. The Morgan fingerprint density at radius 1 is 1.09 bits per heavy atom. The van der Waals surface area contributed by atoms with Crippen LogP contribution in [0.4, 0.5) is 13.2 Å². The lowest BCUT2D eigenvalue weighted by Crippen LogP contribution is -2.09. The summed E-state index contributed by atoms with van der Waals surface area (Å²) in [4.78, 5) is 15.1. The summed E-state index contributed by atoms with van der Waals surface area (Å²) in [5.74, 6) is 0.321. The number of halogens is 3.